The first-order valence-electron chi connectivity index (χ1n) is 8.68. The third-order valence-corrected chi connectivity index (χ3v) is 5.48. The second kappa shape index (κ2) is 8.41. The zero-order valence-electron chi connectivity index (χ0n) is 14.9. The van der Waals surface area contributed by atoms with Crippen LogP contribution in [0.2, 0.25) is 0 Å². The quantitative estimate of drug-likeness (QED) is 0.570. The summed E-state index contributed by atoms with van der Waals surface area (Å²) in [4.78, 5) is 23.6. The summed E-state index contributed by atoms with van der Waals surface area (Å²) in [6, 6.07) is 12.4. The summed E-state index contributed by atoms with van der Waals surface area (Å²) in [6.45, 7) is -0.427. The standard InChI is InChI=1S/C19H20N2O6S/c22-17-9-8-15(28(25,26)20-11-13-4-2-1-3-5-13)10-16(17)19(24)27-12-18(23)21-14-6-7-14/h1-5,8-10,14,20,22H,6-7,11-12H2,(H,21,23). The summed E-state index contributed by atoms with van der Waals surface area (Å²) in [5.41, 5.74) is 0.438. The summed E-state index contributed by atoms with van der Waals surface area (Å²) in [7, 11) is -3.92. The lowest BCUT2D eigenvalue weighted by Gasteiger charge is -2.10. The molecule has 0 atom stereocenters. The van der Waals surface area contributed by atoms with Crippen LogP contribution in [0.15, 0.2) is 53.4 Å². The number of phenols is 1. The molecule has 0 unspecified atom stereocenters. The zero-order valence-corrected chi connectivity index (χ0v) is 15.7. The van der Waals surface area contributed by atoms with Crippen LogP contribution in [0.1, 0.15) is 28.8 Å². The Hall–Kier alpha value is -2.91. The van der Waals surface area contributed by atoms with Crippen LogP contribution < -0.4 is 10.0 Å². The first-order valence-corrected chi connectivity index (χ1v) is 10.2. The zero-order chi connectivity index (χ0) is 20.1. The van der Waals surface area contributed by atoms with Gasteiger partial charge in [0.25, 0.3) is 5.91 Å². The summed E-state index contributed by atoms with van der Waals surface area (Å²) >= 11 is 0. The highest BCUT2D eigenvalue weighted by Gasteiger charge is 2.24. The Bertz CT molecular complexity index is 971. The van der Waals surface area contributed by atoms with Crippen LogP contribution in [-0.4, -0.2) is 38.0 Å². The summed E-state index contributed by atoms with van der Waals surface area (Å²) in [5, 5.41) is 12.5. The van der Waals surface area contributed by atoms with Crippen molar-refractivity contribution in [1.29, 1.82) is 0 Å². The molecule has 1 aliphatic carbocycles. The predicted octanol–water partition coefficient (Wildman–Crippen LogP) is 1.31. The van der Waals surface area contributed by atoms with E-state index in [1.807, 2.05) is 6.07 Å². The summed E-state index contributed by atoms with van der Waals surface area (Å²) in [6.07, 6.45) is 1.80. The van der Waals surface area contributed by atoms with Gasteiger partial charge >= 0.3 is 5.97 Å². The highest BCUT2D eigenvalue weighted by atomic mass is 32.2. The van der Waals surface area contributed by atoms with E-state index in [4.69, 9.17) is 4.74 Å². The Labute approximate surface area is 162 Å². The molecule has 3 rings (SSSR count). The van der Waals surface area contributed by atoms with E-state index in [0.717, 1.165) is 30.5 Å². The molecule has 2 aromatic rings. The number of benzene rings is 2. The maximum absolute atomic E-state index is 12.5. The minimum absolute atomic E-state index is 0.0746. The summed E-state index contributed by atoms with van der Waals surface area (Å²) in [5.74, 6) is -1.86. The Balaban J connectivity index is 1.67. The lowest BCUT2D eigenvalue weighted by Crippen LogP contribution is -2.30. The van der Waals surface area contributed by atoms with Crippen molar-refractivity contribution in [3.8, 4) is 5.75 Å². The molecule has 0 radical (unpaired) electrons. The molecular weight excluding hydrogens is 384 g/mol. The van der Waals surface area contributed by atoms with Gasteiger partial charge in [-0.05, 0) is 36.6 Å². The van der Waals surface area contributed by atoms with E-state index in [9.17, 15) is 23.1 Å². The van der Waals surface area contributed by atoms with E-state index in [0.29, 0.717) is 0 Å². The van der Waals surface area contributed by atoms with Crippen molar-refractivity contribution >= 4 is 21.9 Å². The van der Waals surface area contributed by atoms with Crippen molar-refractivity contribution in [3.05, 3.63) is 59.7 Å². The van der Waals surface area contributed by atoms with Crippen molar-refractivity contribution in [2.75, 3.05) is 6.61 Å². The molecule has 3 N–H and O–H groups in total. The van der Waals surface area contributed by atoms with Crippen LogP contribution in [0.5, 0.6) is 5.75 Å². The summed E-state index contributed by atoms with van der Waals surface area (Å²) < 4.78 is 32.3. The van der Waals surface area contributed by atoms with Gasteiger partial charge in [-0.25, -0.2) is 17.9 Å². The Morgan fingerprint density at radius 1 is 1.11 bits per heavy atom. The molecule has 148 valence electrons. The normalized spacial score (nSPS) is 13.7. The number of amides is 1. The second-order valence-corrected chi connectivity index (χ2v) is 8.17. The van der Waals surface area contributed by atoms with Gasteiger partial charge in [0.15, 0.2) is 6.61 Å². The van der Waals surface area contributed by atoms with Crippen molar-refractivity contribution in [2.24, 2.45) is 0 Å². The molecule has 8 nitrogen and oxygen atoms in total. The van der Waals surface area contributed by atoms with Gasteiger partial charge in [-0.1, -0.05) is 30.3 Å². The van der Waals surface area contributed by atoms with Crippen LogP contribution in [0, 0.1) is 0 Å². The van der Waals surface area contributed by atoms with E-state index < -0.39 is 34.3 Å². The topological polar surface area (TPSA) is 122 Å². The molecule has 0 spiro atoms. The molecule has 2 aromatic carbocycles. The average Bonchev–Trinajstić information content (AvgIpc) is 3.49. The molecule has 9 heteroatoms. The number of rotatable bonds is 8. The number of aromatic hydroxyl groups is 1. The third-order valence-electron chi connectivity index (χ3n) is 4.08. The molecule has 28 heavy (non-hydrogen) atoms. The fraction of sp³-hybridized carbons (Fsp3) is 0.263. The van der Waals surface area contributed by atoms with Crippen LogP contribution in [0.25, 0.3) is 0 Å². The number of nitrogens with one attached hydrogen (secondary N) is 2. The third kappa shape index (κ3) is 5.30. The lowest BCUT2D eigenvalue weighted by molar-refractivity contribution is -0.124. The van der Waals surface area contributed by atoms with E-state index in [1.54, 1.807) is 24.3 Å². The molecule has 0 aliphatic heterocycles. The average molecular weight is 404 g/mol. The number of hydrogen-bond acceptors (Lipinski definition) is 6. The van der Waals surface area contributed by atoms with E-state index in [2.05, 4.69) is 10.0 Å². The minimum Gasteiger partial charge on any atom is -0.507 e. The van der Waals surface area contributed by atoms with E-state index in [-0.39, 0.29) is 23.0 Å². The van der Waals surface area contributed by atoms with Gasteiger partial charge in [-0.3, -0.25) is 4.79 Å². The Morgan fingerprint density at radius 3 is 2.50 bits per heavy atom. The Morgan fingerprint density at radius 2 is 1.82 bits per heavy atom. The predicted molar refractivity (Wildman–Crippen MR) is 100 cm³/mol. The number of sulfonamides is 1. The Kier molecular flexibility index (Phi) is 5.96. The number of ether oxygens (including phenoxy) is 1. The van der Waals surface area contributed by atoms with Crippen molar-refractivity contribution in [3.63, 3.8) is 0 Å². The maximum atomic E-state index is 12.5. The fourth-order valence-corrected chi connectivity index (χ4v) is 3.45. The van der Waals surface area contributed by atoms with Crippen molar-refractivity contribution in [2.45, 2.75) is 30.3 Å². The van der Waals surface area contributed by atoms with E-state index in [1.165, 1.54) is 6.07 Å². The molecule has 0 saturated heterocycles. The van der Waals surface area contributed by atoms with Gasteiger partial charge in [0.2, 0.25) is 10.0 Å². The fourth-order valence-electron chi connectivity index (χ4n) is 2.41. The van der Waals surface area contributed by atoms with Crippen LogP contribution in [-0.2, 0) is 26.1 Å². The lowest BCUT2D eigenvalue weighted by atomic mass is 10.2. The van der Waals surface area contributed by atoms with Crippen LogP contribution in [0.4, 0.5) is 0 Å². The number of carbonyl (C=O) groups excluding carboxylic acids is 2. The van der Waals surface area contributed by atoms with Crippen molar-refractivity contribution in [1.82, 2.24) is 10.0 Å². The van der Waals surface area contributed by atoms with Gasteiger partial charge in [0, 0.05) is 12.6 Å². The van der Waals surface area contributed by atoms with Crippen LogP contribution in [0.3, 0.4) is 0 Å². The van der Waals surface area contributed by atoms with Gasteiger partial charge in [-0.2, -0.15) is 0 Å². The molecular formula is C19H20N2O6S. The van der Waals surface area contributed by atoms with Gasteiger partial charge in [0.1, 0.15) is 11.3 Å². The maximum Gasteiger partial charge on any atom is 0.342 e. The van der Waals surface area contributed by atoms with Crippen LogP contribution >= 0.6 is 0 Å². The monoisotopic (exact) mass is 404 g/mol. The molecule has 0 heterocycles. The highest BCUT2D eigenvalue weighted by Crippen LogP contribution is 2.23. The molecule has 0 aromatic heterocycles. The molecule has 0 bridgehead atoms. The van der Waals surface area contributed by atoms with Gasteiger partial charge < -0.3 is 15.2 Å². The molecule has 1 amide bonds. The number of carbonyl (C=O) groups is 2. The largest absolute Gasteiger partial charge is 0.507 e. The number of phenolic OH excluding ortho intramolecular Hbond substituents is 1. The van der Waals surface area contributed by atoms with E-state index >= 15 is 0 Å². The SMILES string of the molecule is O=C(COC(=O)c1cc(S(=O)(=O)NCc2ccccc2)ccc1O)NC1CC1. The molecule has 1 saturated carbocycles. The smallest absolute Gasteiger partial charge is 0.342 e. The van der Waals surface area contributed by atoms with Gasteiger partial charge in [0.05, 0.1) is 4.90 Å². The second-order valence-electron chi connectivity index (χ2n) is 6.41. The molecule has 1 aliphatic rings. The highest BCUT2D eigenvalue weighted by molar-refractivity contribution is 7.89. The number of hydrogen-bond donors (Lipinski definition) is 3. The number of esters is 1. The first-order chi connectivity index (χ1) is 13.3. The molecule has 1 fully saturated rings. The first kappa shape index (κ1) is 19.8. The van der Waals surface area contributed by atoms with Gasteiger partial charge in [-0.15, -0.1) is 0 Å². The van der Waals surface area contributed by atoms with Crippen molar-refractivity contribution < 1.29 is 27.9 Å². The minimum atomic E-state index is -3.92.